The van der Waals surface area contributed by atoms with E-state index in [0.717, 1.165) is 55.5 Å². The molecule has 228 valence electrons. The van der Waals surface area contributed by atoms with Crippen molar-refractivity contribution >= 4 is 28.6 Å². The van der Waals surface area contributed by atoms with Gasteiger partial charge in [0.1, 0.15) is 18.1 Å². The number of rotatable bonds is 11. The minimum absolute atomic E-state index is 0.0998. The van der Waals surface area contributed by atoms with Crippen molar-refractivity contribution in [1.29, 1.82) is 0 Å². The highest BCUT2D eigenvalue weighted by molar-refractivity contribution is 8.00. The number of ether oxygens (including phenoxy) is 2. The molecule has 0 aliphatic rings. The molecule has 2 aromatic carbocycles. The van der Waals surface area contributed by atoms with E-state index in [2.05, 4.69) is 71.7 Å². The largest absolute Gasteiger partial charge is 0.497 e. The number of aromatic nitrogens is 3. The highest BCUT2D eigenvalue weighted by atomic mass is 32.2. The number of hydrogen-bond acceptors (Lipinski definition) is 6. The maximum Gasteiger partial charge on any atom is 0.309 e. The van der Waals surface area contributed by atoms with Crippen LogP contribution < -0.4 is 9.47 Å². The monoisotopic (exact) mass is 609 g/mol. The van der Waals surface area contributed by atoms with E-state index >= 15 is 0 Å². The molecular weight excluding hydrogens is 570 g/mol. The van der Waals surface area contributed by atoms with Gasteiger partial charge >= 0.3 is 5.97 Å². The first-order valence-corrected chi connectivity index (χ1v) is 15.4. The summed E-state index contributed by atoms with van der Waals surface area (Å²) in [4.78, 5) is 22.3. The van der Waals surface area contributed by atoms with Gasteiger partial charge in [0.15, 0.2) is 0 Å². The van der Waals surface area contributed by atoms with Crippen LogP contribution in [0.15, 0.2) is 90.1 Å². The number of carboxylic acids is 1. The predicted molar refractivity (Wildman–Crippen MR) is 177 cm³/mol. The Balaban J connectivity index is 1.58. The second kappa shape index (κ2) is 12.7. The number of carboxylic acid groups (broad SMARTS) is 1. The number of thioether (sulfide) groups is 1. The summed E-state index contributed by atoms with van der Waals surface area (Å²) in [7, 11) is 1.65. The summed E-state index contributed by atoms with van der Waals surface area (Å²) in [5, 5.41) is 11.2. The van der Waals surface area contributed by atoms with Crippen LogP contribution in [0.3, 0.4) is 0 Å². The molecular formula is C36H39N3O4S. The quantitative estimate of drug-likeness (QED) is 0.151. The summed E-state index contributed by atoms with van der Waals surface area (Å²) in [5.74, 6) is 0.682. The number of benzene rings is 2. The van der Waals surface area contributed by atoms with Gasteiger partial charge in [-0.15, -0.1) is 11.8 Å². The molecule has 8 heteroatoms. The van der Waals surface area contributed by atoms with Crippen LogP contribution in [0, 0.1) is 5.41 Å². The van der Waals surface area contributed by atoms with Crippen molar-refractivity contribution in [3.05, 3.63) is 102 Å². The Morgan fingerprint density at radius 3 is 2.34 bits per heavy atom. The van der Waals surface area contributed by atoms with Gasteiger partial charge in [-0.25, -0.2) is 0 Å². The number of fused-ring (bicyclic) bond motifs is 1. The Morgan fingerprint density at radius 2 is 1.68 bits per heavy atom. The third-order valence-electron chi connectivity index (χ3n) is 7.36. The first-order chi connectivity index (χ1) is 20.9. The molecule has 3 heterocycles. The van der Waals surface area contributed by atoms with Crippen LogP contribution in [0.2, 0.25) is 0 Å². The first-order valence-electron chi connectivity index (χ1n) is 14.6. The summed E-state index contributed by atoms with van der Waals surface area (Å²) in [6.45, 7) is 11.1. The second-order valence-corrected chi connectivity index (χ2v) is 14.3. The van der Waals surface area contributed by atoms with Gasteiger partial charge in [0.25, 0.3) is 0 Å². The minimum atomic E-state index is -0.959. The molecule has 1 N–H and O–H groups in total. The average molecular weight is 610 g/mol. The van der Waals surface area contributed by atoms with E-state index in [1.165, 1.54) is 0 Å². The van der Waals surface area contributed by atoms with Crippen molar-refractivity contribution < 1.29 is 19.4 Å². The van der Waals surface area contributed by atoms with Crippen LogP contribution in [-0.2, 0) is 24.4 Å². The zero-order chi connectivity index (χ0) is 31.5. The van der Waals surface area contributed by atoms with E-state index in [4.69, 9.17) is 9.47 Å². The van der Waals surface area contributed by atoms with Crippen LogP contribution in [-0.4, -0.2) is 37.5 Å². The van der Waals surface area contributed by atoms with Gasteiger partial charge in [-0.3, -0.25) is 14.8 Å². The topological polar surface area (TPSA) is 86.5 Å². The van der Waals surface area contributed by atoms with Gasteiger partial charge in [0.2, 0.25) is 0 Å². The Bertz CT molecular complexity index is 1760. The molecule has 0 bridgehead atoms. The third kappa shape index (κ3) is 7.25. The lowest BCUT2D eigenvalue weighted by Gasteiger charge is -2.24. The summed E-state index contributed by atoms with van der Waals surface area (Å²) in [6.07, 6.45) is 3.88. The van der Waals surface area contributed by atoms with Gasteiger partial charge in [-0.2, -0.15) is 0 Å². The molecule has 0 spiro atoms. The third-order valence-corrected chi connectivity index (χ3v) is 8.63. The zero-order valence-corrected chi connectivity index (χ0v) is 26.9. The number of hydrogen-bond donors (Lipinski definition) is 1. The van der Waals surface area contributed by atoms with Gasteiger partial charge in [-0.1, -0.05) is 51.1 Å². The molecule has 0 unspecified atom stereocenters. The van der Waals surface area contributed by atoms with Crippen molar-refractivity contribution in [2.45, 2.75) is 63.8 Å². The lowest BCUT2D eigenvalue weighted by Crippen LogP contribution is -2.28. The molecule has 0 amide bonds. The predicted octanol–water partition coefficient (Wildman–Crippen LogP) is 8.28. The fourth-order valence-electron chi connectivity index (χ4n) is 5.02. The molecule has 5 aromatic rings. The molecule has 0 atom stereocenters. The fraction of sp³-hybridized carbons (Fsp3) is 0.306. The molecule has 0 radical (unpaired) electrons. The SMILES string of the molecule is COc1ccnc(-c2ccc(Cn3c(CC(C)(C)C(=O)O)c(SC(C)(C)C)c4cc(OCc5ccccn5)ccc43)cc2)c1. The average Bonchev–Trinajstić information content (AvgIpc) is 3.26. The van der Waals surface area contributed by atoms with Crippen molar-refractivity contribution in [3.63, 3.8) is 0 Å². The van der Waals surface area contributed by atoms with Crippen LogP contribution in [0.5, 0.6) is 11.5 Å². The van der Waals surface area contributed by atoms with E-state index in [1.807, 2.05) is 36.4 Å². The summed E-state index contributed by atoms with van der Waals surface area (Å²) >= 11 is 1.77. The molecule has 0 saturated heterocycles. The lowest BCUT2D eigenvalue weighted by molar-refractivity contribution is -0.146. The Labute approximate surface area is 263 Å². The number of aliphatic carboxylic acids is 1. The highest BCUT2D eigenvalue weighted by Crippen LogP contribution is 2.44. The smallest absolute Gasteiger partial charge is 0.309 e. The van der Waals surface area contributed by atoms with Crippen molar-refractivity contribution in [2.75, 3.05) is 7.11 Å². The molecule has 0 saturated carbocycles. The second-order valence-electron chi connectivity index (χ2n) is 12.5. The highest BCUT2D eigenvalue weighted by Gasteiger charge is 2.33. The Morgan fingerprint density at radius 1 is 0.909 bits per heavy atom. The van der Waals surface area contributed by atoms with Crippen LogP contribution in [0.4, 0.5) is 0 Å². The summed E-state index contributed by atoms with van der Waals surface area (Å²) < 4.78 is 13.7. The first kappa shape index (κ1) is 31.1. The molecule has 0 aliphatic carbocycles. The normalized spacial score (nSPS) is 12.0. The van der Waals surface area contributed by atoms with Gasteiger partial charge in [-0.05, 0) is 55.8 Å². The molecule has 44 heavy (non-hydrogen) atoms. The van der Waals surface area contributed by atoms with E-state index in [9.17, 15) is 9.90 Å². The maximum absolute atomic E-state index is 12.3. The molecule has 0 fully saturated rings. The molecule has 0 aliphatic heterocycles. The van der Waals surface area contributed by atoms with Crippen molar-refractivity contribution in [2.24, 2.45) is 5.41 Å². The standard InChI is InChI=1S/C36H39N3O4S/c1-35(2,3)44-33-29-19-28(43-23-26-9-7-8-17-37-26)14-15-31(29)39(32(33)21-36(4,5)34(40)41)22-24-10-12-25(13-11-24)30-20-27(42-6)16-18-38-30/h7-20H,21-23H2,1-6H3,(H,40,41). The molecule has 7 nitrogen and oxygen atoms in total. The number of carbonyl (C=O) groups is 1. The minimum Gasteiger partial charge on any atom is -0.497 e. The van der Waals surface area contributed by atoms with Crippen LogP contribution in [0.25, 0.3) is 22.2 Å². The number of pyridine rings is 2. The summed E-state index contributed by atoms with van der Waals surface area (Å²) in [5.41, 5.74) is 4.88. The zero-order valence-electron chi connectivity index (χ0n) is 26.1. The fourth-order valence-corrected chi connectivity index (χ4v) is 6.20. The van der Waals surface area contributed by atoms with E-state index < -0.39 is 11.4 Å². The van der Waals surface area contributed by atoms with E-state index in [1.54, 1.807) is 45.1 Å². The lowest BCUT2D eigenvalue weighted by atomic mass is 9.88. The summed E-state index contributed by atoms with van der Waals surface area (Å²) in [6, 6.07) is 24.0. The van der Waals surface area contributed by atoms with Crippen molar-refractivity contribution in [1.82, 2.24) is 14.5 Å². The van der Waals surface area contributed by atoms with Crippen LogP contribution in [0.1, 0.15) is 51.6 Å². The van der Waals surface area contributed by atoms with Gasteiger partial charge in [0.05, 0.1) is 23.9 Å². The molecule has 5 rings (SSSR count). The van der Waals surface area contributed by atoms with Gasteiger partial charge in [0, 0.05) is 63.2 Å². The van der Waals surface area contributed by atoms with E-state index in [-0.39, 0.29) is 4.75 Å². The molecule has 3 aromatic heterocycles. The van der Waals surface area contributed by atoms with Crippen molar-refractivity contribution in [3.8, 4) is 22.8 Å². The van der Waals surface area contributed by atoms with Gasteiger partial charge < -0.3 is 19.1 Å². The number of methoxy groups -OCH3 is 1. The Kier molecular flexibility index (Phi) is 9.02. The number of nitrogens with zero attached hydrogens (tertiary/aromatic N) is 3. The Hall–Kier alpha value is -4.30. The van der Waals surface area contributed by atoms with E-state index in [0.29, 0.717) is 19.6 Å². The maximum atomic E-state index is 12.3. The van der Waals surface area contributed by atoms with Crippen LogP contribution >= 0.6 is 11.8 Å².